The van der Waals surface area contributed by atoms with Gasteiger partial charge >= 0.3 is 0 Å². The summed E-state index contributed by atoms with van der Waals surface area (Å²) in [5, 5.41) is 6.47. The molecule has 0 aromatic carbocycles. The zero-order valence-electron chi connectivity index (χ0n) is 11.4. The Morgan fingerprint density at radius 3 is 2.38 bits per heavy atom. The molecule has 2 N–H and O–H groups in total. The van der Waals surface area contributed by atoms with Gasteiger partial charge in [-0.2, -0.15) is 0 Å². The van der Waals surface area contributed by atoms with Gasteiger partial charge in [-0.1, -0.05) is 0 Å². The molecule has 0 aliphatic heterocycles. The SMILES string of the molecule is CN=C(NCCOC)NCC(C)(C)N(C)C. The smallest absolute Gasteiger partial charge is 0.191 e. The molecule has 96 valence electrons. The summed E-state index contributed by atoms with van der Waals surface area (Å²) in [6.07, 6.45) is 0. The van der Waals surface area contributed by atoms with Crippen LogP contribution in [0.4, 0.5) is 0 Å². The molecule has 0 fully saturated rings. The number of methoxy groups -OCH3 is 1. The van der Waals surface area contributed by atoms with E-state index in [1.165, 1.54) is 0 Å². The molecule has 16 heavy (non-hydrogen) atoms. The second kappa shape index (κ2) is 7.46. The van der Waals surface area contributed by atoms with Gasteiger partial charge in [0, 0.05) is 32.8 Å². The molecule has 0 atom stereocenters. The van der Waals surface area contributed by atoms with Crippen LogP contribution >= 0.6 is 0 Å². The average molecular weight is 230 g/mol. The third-order valence-corrected chi connectivity index (χ3v) is 2.72. The number of likely N-dealkylation sites (N-methyl/N-ethyl adjacent to an activating group) is 1. The van der Waals surface area contributed by atoms with Crippen molar-refractivity contribution in [3.63, 3.8) is 0 Å². The zero-order valence-corrected chi connectivity index (χ0v) is 11.4. The van der Waals surface area contributed by atoms with Gasteiger partial charge in [-0.15, -0.1) is 0 Å². The predicted molar refractivity (Wildman–Crippen MR) is 69.0 cm³/mol. The Hall–Kier alpha value is -0.810. The van der Waals surface area contributed by atoms with Gasteiger partial charge in [0.25, 0.3) is 0 Å². The summed E-state index contributed by atoms with van der Waals surface area (Å²) >= 11 is 0. The molecule has 5 nitrogen and oxygen atoms in total. The molecule has 0 aromatic rings. The first kappa shape index (κ1) is 15.2. The third-order valence-electron chi connectivity index (χ3n) is 2.72. The fraction of sp³-hybridized carbons (Fsp3) is 0.909. The summed E-state index contributed by atoms with van der Waals surface area (Å²) in [4.78, 5) is 6.33. The Balaban J connectivity index is 3.97. The highest BCUT2D eigenvalue weighted by atomic mass is 16.5. The van der Waals surface area contributed by atoms with Crippen molar-refractivity contribution in [3.8, 4) is 0 Å². The van der Waals surface area contributed by atoms with Crippen molar-refractivity contribution >= 4 is 5.96 Å². The van der Waals surface area contributed by atoms with Crippen LogP contribution in [-0.2, 0) is 4.74 Å². The summed E-state index contributed by atoms with van der Waals surface area (Å²) in [6.45, 7) is 6.65. The molecule has 0 aliphatic rings. The van der Waals surface area contributed by atoms with Crippen molar-refractivity contribution in [1.29, 1.82) is 0 Å². The van der Waals surface area contributed by atoms with Gasteiger partial charge in [-0.3, -0.25) is 4.99 Å². The van der Waals surface area contributed by atoms with E-state index in [4.69, 9.17) is 4.74 Å². The minimum Gasteiger partial charge on any atom is -0.383 e. The molecular formula is C11H26N4O. The van der Waals surface area contributed by atoms with Crippen LogP contribution in [0.2, 0.25) is 0 Å². The summed E-state index contributed by atoms with van der Waals surface area (Å²) in [7, 11) is 7.60. The zero-order chi connectivity index (χ0) is 12.6. The van der Waals surface area contributed by atoms with Crippen LogP contribution in [0.3, 0.4) is 0 Å². The highest BCUT2D eigenvalue weighted by Crippen LogP contribution is 2.07. The van der Waals surface area contributed by atoms with Crippen LogP contribution in [0.15, 0.2) is 4.99 Å². The van der Waals surface area contributed by atoms with Crippen LogP contribution < -0.4 is 10.6 Å². The van der Waals surface area contributed by atoms with Gasteiger partial charge in [0.05, 0.1) is 6.61 Å². The predicted octanol–water partition coefficient (Wildman–Crippen LogP) is 0.138. The topological polar surface area (TPSA) is 48.9 Å². The Morgan fingerprint density at radius 1 is 1.31 bits per heavy atom. The van der Waals surface area contributed by atoms with Gasteiger partial charge in [-0.25, -0.2) is 0 Å². The number of ether oxygens (including phenoxy) is 1. The molecule has 0 spiro atoms. The minimum atomic E-state index is 0.0961. The lowest BCUT2D eigenvalue weighted by Gasteiger charge is -2.33. The van der Waals surface area contributed by atoms with E-state index in [9.17, 15) is 0 Å². The second-order valence-corrected chi connectivity index (χ2v) is 4.55. The van der Waals surface area contributed by atoms with E-state index in [1.54, 1.807) is 14.2 Å². The van der Waals surface area contributed by atoms with Gasteiger partial charge in [-0.05, 0) is 27.9 Å². The Morgan fingerprint density at radius 2 is 1.94 bits per heavy atom. The van der Waals surface area contributed by atoms with Gasteiger partial charge in [0.1, 0.15) is 0 Å². The fourth-order valence-electron chi connectivity index (χ4n) is 0.950. The number of guanidine groups is 1. The largest absolute Gasteiger partial charge is 0.383 e. The molecule has 0 saturated heterocycles. The number of nitrogens with zero attached hydrogens (tertiary/aromatic N) is 2. The van der Waals surface area contributed by atoms with Crippen molar-refractivity contribution in [1.82, 2.24) is 15.5 Å². The van der Waals surface area contributed by atoms with E-state index in [0.717, 1.165) is 19.0 Å². The Labute approximate surface area is 99.3 Å². The van der Waals surface area contributed by atoms with Crippen molar-refractivity contribution in [2.45, 2.75) is 19.4 Å². The monoisotopic (exact) mass is 230 g/mol. The van der Waals surface area contributed by atoms with Crippen molar-refractivity contribution < 1.29 is 4.74 Å². The van der Waals surface area contributed by atoms with E-state index in [2.05, 4.69) is 48.5 Å². The summed E-state index contributed by atoms with van der Waals surface area (Å²) in [6, 6.07) is 0. The highest BCUT2D eigenvalue weighted by Gasteiger charge is 2.20. The standard InChI is InChI=1S/C11H26N4O/c1-11(2,15(4)5)9-14-10(12-3)13-7-8-16-6/h7-9H2,1-6H3,(H2,12,13,14). The molecule has 0 unspecified atom stereocenters. The maximum absolute atomic E-state index is 4.97. The van der Waals surface area contributed by atoms with E-state index < -0.39 is 0 Å². The van der Waals surface area contributed by atoms with E-state index in [-0.39, 0.29) is 5.54 Å². The molecule has 0 aromatic heterocycles. The highest BCUT2D eigenvalue weighted by molar-refractivity contribution is 5.79. The lowest BCUT2D eigenvalue weighted by Crippen LogP contribution is -2.51. The summed E-state index contributed by atoms with van der Waals surface area (Å²) in [5.74, 6) is 0.812. The number of rotatable bonds is 6. The number of nitrogens with one attached hydrogen (secondary N) is 2. The van der Waals surface area contributed by atoms with E-state index in [0.29, 0.717) is 6.61 Å². The maximum Gasteiger partial charge on any atom is 0.191 e. The first-order chi connectivity index (χ1) is 7.44. The molecule has 0 heterocycles. The van der Waals surface area contributed by atoms with Gasteiger partial charge in [0.2, 0.25) is 0 Å². The van der Waals surface area contributed by atoms with Crippen LogP contribution in [-0.4, -0.2) is 64.3 Å². The lowest BCUT2D eigenvalue weighted by atomic mass is 10.0. The first-order valence-electron chi connectivity index (χ1n) is 5.55. The quantitative estimate of drug-likeness (QED) is 0.387. The molecule has 0 aliphatic carbocycles. The number of hydrogen-bond acceptors (Lipinski definition) is 3. The van der Waals surface area contributed by atoms with E-state index >= 15 is 0 Å². The maximum atomic E-state index is 4.97. The normalized spacial score (nSPS) is 13.1. The molecular weight excluding hydrogens is 204 g/mol. The first-order valence-corrected chi connectivity index (χ1v) is 5.55. The van der Waals surface area contributed by atoms with Crippen LogP contribution in [0.1, 0.15) is 13.8 Å². The minimum absolute atomic E-state index is 0.0961. The Bertz CT molecular complexity index is 214. The second-order valence-electron chi connectivity index (χ2n) is 4.55. The molecule has 0 bridgehead atoms. The third kappa shape index (κ3) is 5.92. The van der Waals surface area contributed by atoms with Crippen molar-refractivity contribution in [3.05, 3.63) is 0 Å². The molecule has 0 saturated carbocycles. The lowest BCUT2D eigenvalue weighted by molar-refractivity contribution is 0.195. The van der Waals surface area contributed by atoms with Gasteiger partial charge < -0.3 is 20.3 Å². The molecule has 0 radical (unpaired) electrons. The van der Waals surface area contributed by atoms with Gasteiger partial charge in [0.15, 0.2) is 5.96 Å². The Kier molecular flexibility index (Phi) is 7.08. The number of hydrogen-bond donors (Lipinski definition) is 2. The molecule has 0 rings (SSSR count). The van der Waals surface area contributed by atoms with Crippen LogP contribution in [0.25, 0.3) is 0 Å². The number of aliphatic imine (C=N–C) groups is 1. The average Bonchev–Trinajstić information content (AvgIpc) is 2.23. The summed E-state index contributed by atoms with van der Waals surface area (Å²) < 4.78 is 4.97. The van der Waals surface area contributed by atoms with Crippen molar-refractivity contribution in [2.75, 3.05) is 47.9 Å². The molecule has 5 heteroatoms. The van der Waals surface area contributed by atoms with Crippen LogP contribution in [0.5, 0.6) is 0 Å². The fourth-order valence-corrected chi connectivity index (χ4v) is 0.950. The van der Waals surface area contributed by atoms with Crippen molar-refractivity contribution in [2.24, 2.45) is 4.99 Å². The van der Waals surface area contributed by atoms with E-state index in [1.807, 2.05) is 0 Å². The summed E-state index contributed by atoms with van der Waals surface area (Å²) in [5.41, 5.74) is 0.0961. The van der Waals surface area contributed by atoms with Crippen LogP contribution in [0, 0.1) is 0 Å². The molecule has 0 amide bonds.